The van der Waals surface area contributed by atoms with Gasteiger partial charge in [0.25, 0.3) is 5.91 Å². The first-order valence-corrected chi connectivity index (χ1v) is 11.2. The number of aryl methyl sites for hydroxylation is 1. The number of aromatic nitrogens is 4. The van der Waals surface area contributed by atoms with E-state index in [9.17, 15) is 4.79 Å². The number of hydrogen-bond donors (Lipinski definition) is 2. The Morgan fingerprint density at radius 2 is 1.75 bits per heavy atom. The van der Waals surface area contributed by atoms with Crippen LogP contribution < -0.4 is 25.3 Å². The number of nitrogens with one attached hydrogen (secondary N) is 1. The van der Waals surface area contributed by atoms with E-state index in [1.807, 2.05) is 38.1 Å². The van der Waals surface area contributed by atoms with Crippen LogP contribution in [0.5, 0.6) is 17.2 Å². The molecule has 0 atom stereocenters. The summed E-state index contributed by atoms with van der Waals surface area (Å²) >= 11 is 0. The lowest BCUT2D eigenvalue weighted by Gasteiger charge is -2.09. The maximum atomic E-state index is 12.8. The summed E-state index contributed by atoms with van der Waals surface area (Å²) in [4.78, 5) is 17.4. The third-order valence-corrected chi connectivity index (χ3v) is 5.26. The van der Waals surface area contributed by atoms with Crippen molar-refractivity contribution in [3.63, 3.8) is 0 Å². The Labute approximate surface area is 208 Å². The second-order valence-electron chi connectivity index (χ2n) is 8.25. The SMILES string of the molecule is COc1cc(NC(=O)c2nnn(Cc3nc(-c4ccc(OC(C)C)cc4)oc3C)c2N)cc(OC)c1. The second kappa shape index (κ2) is 10.4. The first-order valence-electron chi connectivity index (χ1n) is 11.2. The van der Waals surface area contributed by atoms with E-state index in [0.717, 1.165) is 11.3 Å². The van der Waals surface area contributed by atoms with Gasteiger partial charge in [-0.15, -0.1) is 5.10 Å². The van der Waals surface area contributed by atoms with Crippen LogP contribution in [0.3, 0.4) is 0 Å². The van der Waals surface area contributed by atoms with Gasteiger partial charge in [-0.3, -0.25) is 4.79 Å². The van der Waals surface area contributed by atoms with Gasteiger partial charge in [0.05, 0.1) is 26.9 Å². The van der Waals surface area contributed by atoms with Crippen molar-refractivity contribution >= 4 is 17.4 Å². The highest BCUT2D eigenvalue weighted by Gasteiger charge is 2.20. The number of nitrogen functional groups attached to an aromatic ring is 1. The van der Waals surface area contributed by atoms with E-state index in [1.165, 1.54) is 18.9 Å². The number of nitrogens with zero attached hydrogens (tertiary/aromatic N) is 4. The Kier molecular flexibility index (Phi) is 7.09. The molecule has 0 saturated carbocycles. The zero-order valence-electron chi connectivity index (χ0n) is 20.7. The van der Waals surface area contributed by atoms with Gasteiger partial charge in [0, 0.05) is 29.4 Å². The van der Waals surface area contributed by atoms with E-state index in [2.05, 4.69) is 20.6 Å². The standard InChI is InChI=1S/C25H28N6O5/c1-14(2)35-18-8-6-16(7-9-18)25-28-21(15(3)36-25)13-31-23(26)22(29-30-31)24(32)27-17-10-19(33-4)12-20(11-17)34-5/h6-12,14H,13,26H2,1-5H3,(H,27,32). The molecule has 4 aromatic rings. The molecule has 2 aromatic heterocycles. The fraction of sp³-hybridized carbons (Fsp3) is 0.280. The number of carbonyl (C=O) groups excluding carboxylic acids is 1. The molecular weight excluding hydrogens is 464 g/mol. The number of amides is 1. The van der Waals surface area contributed by atoms with Crippen LogP contribution in [-0.4, -0.2) is 46.2 Å². The molecule has 0 bridgehead atoms. The van der Waals surface area contributed by atoms with Gasteiger partial charge in [0.1, 0.15) is 28.7 Å². The Bertz CT molecular complexity index is 1340. The molecule has 0 spiro atoms. The maximum Gasteiger partial charge on any atom is 0.280 e. The largest absolute Gasteiger partial charge is 0.497 e. The summed E-state index contributed by atoms with van der Waals surface area (Å²) in [5.41, 5.74) is 8.07. The van der Waals surface area contributed by atoms with Crippen molar-refractivity contribution in [1.29, 1.82) is 0 Å². The van der Waals surface area contributed by atoms with E-state index in [0.29, 0.717) is 34.5 Å². The third-order valence-electron chi connectivity index (χ3n) is 5.26. The molecule has 0 aliphatic carbocycles. The zero-order chi connectivity index (χ0) is 25.8. The molecule has 11 heteroatoms. The highest BCUT2D eigenvalue weighted by Crippen LogP contribution is 2.27. The average Bonchev–Trinajstić information content (AvgIpc) is 3.41. The van der Waals surface area contributed by atoms with E-state index >= 15 is 0 Å². The fourth-order valence-electron chi connectivity index (χ4n) is 3.46. The van der Waals surface area contributed by atoms with Crippen molar-refractivity contribution in [1.82, 2.24) is 20.0 Å². The smallest absolute Gasteiger partial charge is 0.280 e. The minimum absolute atomic E-state index is 0.0149. The summed E-state index contributed by atoms with van der Waals surface area (Å²) in [6, 6.07) is 12.5. The van der Waals surface area contributed by atoms with Crippen LogP contribution in [-0.2, 0) is 6.54 Å². The first kappa shape index (κ1) is 24.6. The van der Waals surface area contributed by atoms with Gasteiger partial charge in [0.15, 0.2) is 11.5 Å². The topological polar surface area (TPSA) is 140 Å². The summed E-state index contributed by atoms with van der Waals surface area (Å²) in [6.45, 7) is 5.93. The van der Waals surface area contributed by atoms with Crippen molar-refractivity contribution in [3.05, 3.63) is 59.6 Å². The number of rotatable bonds is 9. The third kappa shape index (κ3) is 5.40. The van der Waals surface area contributed by atoms with Crippen molar-refractivity contribution < 1.29 is 23.4 Å². The quantitative estimate of drug-likeness (QED) is 0.356. The first-order chi connectivity index (χ1) is 17.3. The van der Waals surface area contributed by atoms with Gasteiger partial charge < -0.3 is 29.7 Å². The van der Waals surface area contributed by atoms with Crippen molar-refractivity contribution in [2.75, 3.05) is 25.3 Å². The monoisotopic (exact) mass is 492 g/mol. The summed E-state index contributed by atoms with van der Waals surface area (Å²) < 4.78 is 23.4. The molecule has 0 unspecified atom stereocenters. The number of ether oxygens (including phenoxy) is 3. The highest BCUT2D eigenvalue weighted by molar-refractivity contribution is 6.05. The van der Waals surface area contributed by atoms with Crippen LogP contribution in [0.1, 0.15) is 35.8 Å². The molecule has 3 N–H and O–H groups in total. The number of oxazole rings is 1. The molecule has 188 valence electrons. The van der Waals surface area contributed by atoms with E-state index in [-0.39, 0.29) is 24.2 Å². The van der Waals surface area contributed by atoms with Crippen LogP contribution in [0.25, 0.3) is 11.5 Å². The van der Waals surface area contributed by atoms with E-state index in [4.69, 9.17) is 24.4 Å². The molecule has 0 fully saturated rings. The van der Waals surface area contributed by atoms with Gasteiger partial charge >= 0.3 is 0 Å². The average molecular weight is 493 g/mol. The van der Waals surface area contributed by atoms with Crippen molar-refractivity contribution in [2.24, 2.45) is 0 Å². The number of methoxy groups -OCH3 is 2. The van der Waals surface area contributed by atoms with Crippen LogP contribution in [0.15, 0.2) is 46.9 Å². The number of hydrogen-bond acceptors (Lipinski definition) is 9. The molecule has 11 nitrogen and oxygen atoms in total. The molecule has 1 amide bonds. The van der Waals surface area contributed by atoms with Crippen molar-refractivity contribution in [2.45, 2.75) is 33.4 Å². The van der Waals surface area contributed by atoms with Gasteiger partial charge in [-0.25, -0.2) is 9.67 Å². The fourth-order valence-corrected chi connectivity index (χ4v) is 3.46. The van der Waals surface area contributed by atoms with Crippen LogP contribution in [0.2, 0.25) is 0 Å². The number of anilines is 2. The van der Waals surface area contributed by atoms with Gasteiger partial charge in [-0.2, -0.15) is 0 Å². The van der Waals surface area contributed by atoms with Gasteiger partial charge in [-0.05, 0) is 45.0 Å². The maximum absolute atomic E-state index is 12.8. The second-order valence-corrected chi connectivity index (χ2v) is 8.25. The van der Waals surface area contributed by atoms with Crippen LogP contribution in [0, 0.1) is 6.92 Å². The summed E-state index contributed by atoms with van der Waals surface area (Å²) in [7, 11) is 3.05. The predicted molar refractivity (Wildman–Crippen MR) is 133 cm³/mol. The normalized spacial score (nSPS) is 10.9. The number of benzene rings is 2. The molecule has 0 aliphatic rings. The van der Waals surface area contributed by atoms with Crippen molar-refractivity contribution in [3.8, 4) is 28.7 Å². The minimum atomic E-state index is -0.518. The molecule has 2 aromatic carbocycles. The molecule has 0 aliphatic heterocycles. The van der Waals surface area contributed by atoms with Gasteiger partial charge in [-0.1, -0.05) is 5.21 Å². The number of carbonyl (C=O) groups is 1. The van der Waals surface area contributed by atoms with E-state index < -0.39 is 5.91 Å². The predicted octanol–water partition coefficient (Wildman–Crippen LogP) is 3.93. The molecule has 0 radical (unpaired) electrons. The zero-order valence-corrected chi connectivity index (χ0v) is 20.7. The molecule has 4 rings (SSSR count). The van der Waals surface area contributed by atoms with Crippen LogP contribution >= 0.6 is 0 Å². The lowest BCUT2D eigenvalue weighted by atomic mass is 10.2. The van der Waals surface area contributed by atoms with E-state index in [1.54, 1.807) is 25.1 Å². The summed E-state index contributed by atoms with van der Waals surface area (Å²) in [5.74, 6) is 2.48. The Balaban J connectivity index is 1.49. The number of nitrogens with two attached hydrogens (primary N) is 1. The van der Waals surface area contributed by atoms with Crippen LogP contribution in [0.4, 0.5) is 11.5 Å². The molecule has 2 heterocycles. The Morgan fingerprint density at radius 3 is 2.36 bits per heavy atom. The lowest BCUT2D eigenvalue weighted by molar-refractivity contribution is 0.102. The summed E-state index contributed by atoms with van der Waals surface area (Å²) in [6.07, 6.45) is 0.0879. The highest BCUT2D eigenvalue weighted by atomic mass is 16.5. The van der Waals surface area contributed by atoms with Gasteiger partial charge in [0.2, 0.25) is 5.89 Å². The Morgan fingerprint density at radius 1 is 1.08 bits per heavy atom. The lowest BCUT2D eigenvalue weighted by Crippen LogP contribution is -2.15. The Hall–Kier alpha value is -4.54. The molecule has 36 heavy (non-hydrogen) atoms. The minimum Gasteiger partial charge on any atom is -0.497 e. The molecule has 0 saturated heterocycles. The summed E-state index contributed by atoms with van der Waals surface area (Å²) in [5, 5.41) is 10.7. The molecular formula is C25H28N6O5.